The Bertz CT molecular complexity index is 1120. The van der Waals surface area contributed by atoms with Crippen LogP contribution < -0.4 is 0 Å². The molecule has 0 saturated heterocycles. The summed E-state index contributed by atoms with van der Waals surface area (Å²) >= 11 is 0. The van der Waals surface area contributed by atoms with Crippen LogP contribution in [-0.2, 0) is 46.6 Å². The minimum absolute atomic E-state index is 0.0812. The third-order valence-corrected chi connectivity index (χ3v) is 9.79. The first kappa shape index (κ1) is 51.3. The number of rotatable bonds is 36. The van der Waals surface area contributed by atoms with Crippen LogP contribution in [-0.4, -0.2) is 76.1 Å². The molecule has 53 heavy (non-hydrogen) atoms. The topological polar surface area (TPSA) is 212 Å². The predicted octanol–water partition coefficient (Wildman–Crippen LogP) is 8.20. The summed E-state index contributed by atoms with van der Waals surface area (Å²) in [5.41, 5.74) is 0. The van der Waals surface area contributed by atoms with E-state index in [1.165, 1.54) is 25.7 Å². The molecule has 0 radical (unpaired) electrons. The number of unbranched alkanes of at least 4 members (excludes halogenated alkanes) is 12. The monoisotopic (exact) mass is 798 g/mol. The van der Waals surface area contributed by atoms with Gasteiger partial charge in [0.2, 0.25) is 0 Å². The minimum atomic E-state index is -4.87. The van der Waals surface area contributed by atoms with E-state index in [-0.39, 0.29) is 18.6 Å². The Morgan fingerprint density at radius 3 is 1.87 bits per heavy atom. The van der Waals surface area contributed by atoms with Crippen molar-refractivity contribution < 1.29 is 66.3 Å². The van der Waals surface area contributed by atoms with Gasteiger partial charge in [0.25, 0.3) is 0 Å². The molecule has 0 fully saturated rings. The summed E-state index contributed by atoms with van der Waals surface area (Å²) < 4.78 is 47.5. The zero-order chi connectivity index (χ0) is 39.8. The van der Waals surface area contributed by atoms with E-state index in [0.717, 1.165) is 76.5 Å². The van der Waals surface area contributed by atoms with E-state index in [1.54, 1.807) is 12.2 Å². The highest BCUT2D eigenvalue weighted by molar-refractivity contribution is 7.47. The number of aliphatic hydroxyl groups is 1. The molecule has 0 aromatic carbocycles. The third kappa shape index (κ3) is 35.7. The normalized spacial score (nSPS) is 15.0. The lowest BCUT2D eigenvalue weighted by atomic mass is 10.00. The van der Waals surface area contributed by atoms with Crippen molar-refractivity contribution in [3.05, 3.63) is 24.3 Å². The average molecular weight is 799 g/mol. The first-order valence-corrected chi connectivity index (χ1v) is 22.4. The molecule has 14 nitrogen and oxygen atoms in total. The third-order valence-electron chi connectivity index (χ3n) is 8.35. The standard InChI is InChI=1S/C37H68O14P2/c1-4-6-18-24-33(38)25-20-15-10-8-7-9-11-17-22-27-37(41)51-35(31-50-53(45,46)49-29-34(39)28-48-52(42,43)44)30-47-36(40)26-21-16-13-12-14-19-23-32(3)5-2/h10,15,20,25,32,34-35,39H,4-9,11-14,16-19,21-24,26-31H2,1-3H3,(H,45,46)(H2,42,43,44)/b15-10-,25-20+/t32?,34-,35+/m0/s1. The van der Waals surface area contributed by atoms with Gasteiger partial charge < -0.3 is 29.3 Å². The van der Waals surface area contributed by atoms with Crippen LogP contribution >= 0.6 is 15.6 Å². The van der Waals surface area contributed by atoms with E-state index in [2.05, 4.69) is 29.8 Å². The van der Waals surface area contributed by atoms with Gasteiger partial charge in [-0.1, -0.05) is 116 Å². The van der Waals surface area contributed by atoms with Gasteiger partial charge in [-0.3, -0.25) is 28.0 Å². The Labute approximate surface area is 317 Å². The van der Waals surface area contributed by atoms with Crippen LogP contribution in [0.3, 0.4) is 0 Å². The fraction of sp³-hybridized carbons (Fsp3) is 0.811. The number of carbonyl (C=O) groups is 3. The molecule has 0 aromatic heterocycles. The molecule has 0 bridgehead atoms. The quantitative estimate of drug-likeness (QED) is 0.0155. The van der Waals surface area contributed by atoms with Crippen LogP contribution in [0.25, 0.3) is 0 Å². The summed E-state index contributed by atoms with van der Waals surface area (Å²) in [5.74, 6) is -0.208. The van der Waals surface area contributed by atoms with E-state index in [4.69, 9.17) is 23.8 Å². The summed E-state index contributed by atoms with van der Waals surface area (Å²) in [7, 11) is -9.69. The molecule has 310 valence electrons. The number of allylic oxidation sites excluding steroid dienone is 4. The molecule has 0 aromatic rings. The van der Waals surface area contributed by atoms with Crippen molar-refractivity contribution in [3.8, 4) is 0 Å². The van der Waals surface area contributed by atoms with Gasteiger partial charge in [-0.2, -0.15) is 0 Å². The summed E-state index contributed by atoms with van der Waals surface area (Å²) in [6, 6.07) is 0. The minimum Gasteiger partial charge on any atom is -0.462 e. The molecule has 0 amide bonds. The summed E-state index contributed by atoms with van der Waals surface area (Å²) in [4.78, 5) is 64.1. The fourth-order valence-corrected chi connectivity index (χ4v) is 6.11. The van der Waals surface area contributed by atoms with Gasteiger partial charge in [-0.15, -0.1) is 0 Å². The second kappa shape index (κ2) is 32.5. The smallest absolute Gasteiger partial charge is 0.462 e. The number of esters is 2. The highest BCUT2D eigenvalue weighted by Crippen LogP contribution is 2.43. The second-order valence-electron chi connectivity index (χ2n) is 13.5. The van der Waals surface area contributed by atoms with E-state index < -0.39 is 66.2 Å². The first-order valence-electron chi connectivity index (χ1n) is 19.4. The van der Waals surface area contributed by atoms with Crippen LogP contribution in [0.4, 0.5) is 0 Å². The molecule has 0 aliphatic heterocycles. The lowest BCUT2D eigenvalue weighted by molar-refractivity contribution is -0.161. The molecule has 0 heterocycles. The fourth-order valence-electron chi connectivity index (χ4n) is 4.95. The molecule has 4 atom stereocenters. The van der Waals surface area contributed by atoms with E-state index >= 15 is 0 Å². The Morgan fingerprint density at radius 2 is 1.23 bits per heavy atom. The molecule has 0 aliphatic rings. The second-order valence-corrected chi connectivity index (χ2v) is 16.2. The molecular weight excluding hydrogens is 730 g/mol. The van der Waals surface area contributed by atoms with Crippen LogP contribution in [0, 0.1) is 5.92 Å². The Hall–Kier alpha value is -1.73. The number of hydrogen-bond donors (Lipinski definition) is 4. The molecular formula is C37H68O14P2. The van der Waals surface area contributed by atoms with Crippen molar-refractivity contribution >= 4 is 33.4 Å². The van der Waals surface area contributed by atoms with Gasteiger partial charge in [-0.25, -0.2) is 9.13 Å². The lowest BCUT2D eigenvalue weighted by Crippen LogP contribution is -2.30. The van der Waals surface area contributed by atoms with Crippen molar-refractivity contribution in [2.75, 3.05) is 26.4 Å². The van der Waals surface area contributed by atoms with Crippen molar-refractivity contribution in [1.82, 2.24) is 0 Å². The summed E-state index contributed by atoms with van der Waals surface area (Å²) in [5, 5.41) is 9.70. The zero-order valence-corrected chi connectivity index (χ0v) is 34.1. The maximum atomic E-state index is 12.6. The average Bonchev–Trinajstić information content (AvgIpc) is 3.10. The highest BCUT2D eigenvalue weighted by Gasteiger charge is 2.28. The summed E-state index contributed by atoms with van der Waals surface area (Å²) in [6.45, 7) is 3.78. The van der Waals surface area contributed by atoms with Crippen molar-refractivity contribution in [2.45, 2.75) is 161 Å². The number of ketones is 1. The SMILES string of the molecule is CCCCCC(=O)/C=C/C=C\CCCCCCCC(=O)O[C@H](COC(=O)CCCCCCCCC(C)CC)COP(=O)(O)OC[C@@H](O)COP(=O)(O)O. The largest absolute Gasteiger partial charge is 0.472 e. The van der Waals surface area contributed by atoms with Gasteiger partial charge in [-0.05, 0) is 44.1 Å². The number of phosphoric ester groups is 2. The van der Waals surface area contributed by atoms with Crippen LogP contribution in [0.15, 0.2) is 24.3 Å². The molecule has 2 unspecified atom stereocenters. The van der Waals surface area contributed by atoms with E-state index in [0.29, 0.717) is 19.3 Å². The van der Waals surface area contributed by atoms with Crippen LogP contribution in [0.5, 0.6) is 0 Å². The maximum Gasteiger partial charge on any atom is 0.472 e. The van der Waals surface area contributed by atoms with Gasteiger partial charge in [0, 0.05) is 19.3 Å². The zero-order valence-electron chi connectivity index (χ0n) is 32.3. The Morgan fingerprint density at radius 1 is 0.660 bits per heavy atom. The Kier molecular flexibility index (Phi) is 31.4. The number of aliphatic hydroxyl groups excluding tert-OH is 1. The van der Waals surface area contributed by atoms with Crippen molar-refractivity contribution in [2.24, 2.45) is 5.92 Å². The molecule has 0 spiro atoms. The predicted molar refractivity (Wildman–Crippen MR) is 203 cm³/mol. The Balaban J connectivity index is 4.66. The van der Waals surface area contributed by atoms with E-state index in [1.807, 2.05) is 12.2 Å². The van der Waals surface area contributed by atoms with Gasteiger partial charge in [0.1, 0.15) is 12.7 Å². The molecule has 0 saturated carbocycles. The van der Waals surface area contributed by atoms with Crippen molar-refractivity contribution in [1.29, 1.82) is 0 Å². The van der Waals surface area contributed by atoms with Crippen molar-refractivity contribution in [3.63, 3.8) is 0 Å². The number of phosphoric acid groups is 2. The van der Waals surface area contributed by atoms with Gasteiger partial charge in [0.15, 0.2) is 11.9 Å². The lowest BCUT2D eigenvalue weighted by Gasteiger charge is -2.20. The summed E-state index contributed by atoms with van der Waals surface area (Å²) in [6.07, 6.45) is 21.9. The molecule has 0 rings (SSSR count). The van der Waals surface area contributed by atoms with E-state index in [9.17, 15) is 33.5 Å². The van der Waals surface area contributed by atoms with Gasteiger partial charge >= 0.3 is 27.6 Å². The molecule has 0 aliphatic carbocycles. The van der Waals surface area contributed by atoms with Gasteiger partial charge in [0.05, 0.1) is 19.8 Å². The maximum absolute atomic E-state index is 12.6. The number of carbonyl (C=O) groups excluding carboxylic acids is 3. The number of ether oxygens (including phenoxy) is 2. The highest BCUT2D eigenvalue weighted by atomic mass is 31.2. The molecule has 4 N–H and O–H groups in total. The first-order chi connectivity index (χ1) is 25.2. The van der Waals surface area contributed by atoms with Crippen LogP contribution in [0.1, 0.15) is 149 Å². The van der Waals surface area contributed by atoms with Crippen LogP contribution in [0.2, 0.25) is 0 Å². The molecule has 16 heteroatoms. The number of hydrogen-bond acceptors (Lipinski definition) is 11.